The Hall–Kier alpha value is -2.83. The number of benzene rings is 2. The van der Waals surface area contributed by atoms with Crippen molar-refractivity contribution in [1.82, 2.24) is 16.2 Å². The molecule has 0 aliphatic heterocycles. The van der Waals surface area contributed by atoms with Crippen molar-refractivity contribution in [1.29, 1.82) is 0 Å². The molecule has 0 bridgehead atoms. The first-order chi connectivity index (χ1) is 13.1. The molecule has 0 fully saturated rings. The number of hydrogen-bond donors (Lipinski definition) is 3. The molecular formula is C20H20ClN3O3. The van der Waals surface area contributed by atoms with Gasteiger partial charge in [0.1, 0.15) is 5.58 Å². The maximum Gasteiger partial charge on any atom is 0.287 e. The second-order valence-electron chi connectivity index (χ2n) is 6.05. The zero-order chi connectivity index (χ0) is 19.2. The maximum atomic E-state index is 12.3. The van der Waals surface area contributed by atoms with E-state index in [4.69, 9.17) is 16.0 Å². The summed E-state index contributed by atoms with van der Waals surface area (Å²) in [6.45, 7) is 3.05. The third-order valence-corrected chi connectivity index (χ3v) is 4.18. The van der Waals surface area contributed by atoms with E-state index in [0.717, 1.165) is 17.4 Å². The molecule has 6 nitrogen and oxygen atoms in total. The van der Waals surface area contributed by atoms with Gasteiger partial charge in [0.2, 0.25) is 0 Å². The smallest absolute Gasteiger partial charge is 0.287 e. The highest BCUT2D eigenvalue weighted by atomic mass is 35.5. The van der Waals surface area contributed by atoms with Gasteiger partial charge in [-0.1, -0.05) is 30.7 Å². The first-order valence-electron chi connectivity index (χ1n) is 8.66. The minimum atomic E-state index is -0.312. The van der Waals surface area contributed by atoms with Crippen molar-refractivity contribution < 1.29 is 14.0 Å². The Labute approximate surface area is 161 Å². The normalized spacial score (nSPS) is 10.7. The molecule has 27 heavy (non-hydrogen) atoms. The first kappa shape index (κ1) is 18.9. The second-order valence-corrected chi connectivity index (χ2v) is 6.49. The number of amides is 2. The summed E-state index contributed by atoms with van der Waals surface area (Å²) in [6, 6.07) is 13.9. The Balaban J connectivity index is 1.57. The molecule has 0 unspecified atom stereocenters. The van der Waals surface area contributed by atoms with Crippen LogP contribution in [0.1, 0.15) is 39.8 Å². The summed E-state index contributed by atoms with van der Waals surface area (Å²) in [7, 11) is 0. The molecule has 2 amide bonds. The van der Waals surface area contributed by atoms with Crippen LogP contribution in [0.3, 0.4) is 0 Å². The number of furan rings is 1. The quantitative estimate of drug-likeness (QED) is 0.428. The third-order valence-electron chi connectivity index (χ3n) is 3.95. The van der Waals surface area contributed by atoms with Crippen molar-refractivity contribution in [2.45, 2.75) is 19.9 Å². The lowest BCUT2D eigenvalue weighted by Crippen LogP contribution is -2.37. The van der Waals surface area contributed by atoms with Gasteiger partial charge in [-0.25, -0.2) is 5.43 Å². The highest BCUT2D eigenvalue weighted by molar-refractivity contribution is 6.31. The van der Waals surface area contributed by atoms with Gasteiger partial charge in [-0.3, -0.25) is 15.0 Å². The lowest BCUT2D eigenvalue weighted by atomic mass is 10.1. The summed E-state index contributed by atoms with van der Waals surface area (Å²) in [5.74, 6) is -0.279. The van der Waals surface area contributed by atoms with Crippen LogP contribution in [-0.2, 0) is 6.54 Å². The van der Waals surface area contributed by atoms with E-state index in [1.54, 1.807) is 48.5 Å². The number of nitrogens with one attached hydrogen (secondary N) is 3. The third kappa shape index (κ3) is 4.87. The van der Waals surface area contributed by atoms with Gasteiger partial charge in [-0.2, -0.15) is 0 Å². The molecule has 0 aliphatic rings. The SMILES string of the molecule is CCCNNC(=O)c1ccc(CNC(=O)c2cc3cc(Cl)ccc3o2)cc1. The van der Waals surface area contributed by atoms with E-state index in [0.29, 0.717) is 29.3 Å². The molecule has 0 saturated heterocycles. The molecule has 3 aromatic rings. The van der Waals surface area contributed by atoms with Gasteiger partial charge in [-0.05, 0) is 48.4 Å². The molecule has 7 heteroatoms. The average molecular weight is 386 g/mol. The Morgan fingerprint density at radius 2 is 1.81 bits per heavy atom. The number of rotatable bonds is 7. The van der Waals surface area contributed by atoms with Gasteiger partial charge in [0, 0.05) is 29.1 Å². The topological polar surface area (TPSA) is 83.4 Å². The molecule has 0 saturated carbocycles. The van der Waals surface area contributed by atoms with E-state index in [1.165, 1.54) is 0 Å². The number of fused-ring (bicyclic) bond motifs is 1. The van der Waals surface area contributed by atoms with Gasteiger partial charge in [-0.15, -0.1) is 0 Å². The van der Waals surface area contributed by atoms with Crippen LogP contribution in [0.5, 0.6) is 0 Å². The number of hydrogen-bond acceptors (Lipinski definition) is 4. The van der Waals surface area contributed by atoms with Crippen molar-refractivity contribution in [3.05, 3.63) is 70.4 Å². The minimum Gasteiger partial charge on any atom is -0.451 e. The number of carbonyl (C=O) groups is 2. The molecule has 2 aromatic carbocycles. The predicted molar refractivity (Wildman–Crippen MR) is 105 cm³/mol. The molecule has 0 aliphatic carbocycles. The number of carbonyl (C=O) groups excluding carboxylic acids is 2. The van der Waals surface area contributed by atoms with Crippen molar-refractivity contribution in [2.75, 3.05) is 6.54 Å². The molecule has 1 heterocycles. The lowest BCUT2D eigenvalue weighted by molar-refractivity contribution is 0.0919. The largest absolute Gasteiger partial charge is 0.451 e. The molecule has 3 rings (SSSR count). The van der Waals surface area contributed by atoms with Gasteiger partial charge < -0.3 is 9.73 Å². The molecular weight excluding hydrogens is 366 g/mol. The summed E-state index contributed by atoms with van der Waals surface area (Å²) in [4.78, 5) is 24.2. The van der Waals surface area contributed by atoms with Crippen molar-refractivity contribution >= 4 is 34.4 Å². The summed E-state index contributed by atoms with van der Waals surface area (Å²) < 4.78 is 5.54. The minimum absolute atomic E-state index is 0.194. The van der Waals surface area contributed by atoms with E-state index in [2.05, 4.69) is 16.2 Å². The fraction of sp³-hybridized carbons (Fsp3) is 0.200. The van der Waals surface area contributed by atoms with Crippen molar-refractivity contribution in [3.63, 3.8) is 0 Å². The van der Waals surface area contributed by atoms with Crippen LogP contribution >= 0.6 is 11.6 Å². The van der Waals surface area contributed by atoms with Crippen LogP contribution in [0.25, 0.3) is 11.0 Å². The van der Waals surface area contributed by atoms with Crippen molar-refractivity contribution in [2.24, 2.45) is 0 Å². The standard InChI is InChI=1S/C20H20ClN3O3/c1-2-9-23-24-19(25)14-5-3-13(4-6-14)12-22-20(26)18-11-15-10-16(21)7-8-17(15)27-18/h3-8,10-11,23H,2,9,12H2,1H3,(H,22,26)(H,24,25). The summed E-state index contributed by atoms with van der Waals surface area (Å²) >= 11 is 5.94. The van der Waals surface area contributed by atoms with Crippen LogP contribution < -0.4 is 16.2 Å². The highest BCUT2D eigenvalue weighted by Crippen LogP contribution is 2.23. The van der Waals surface area contributed by atoms with Crippen LogP contribution in [0.4, 0.5) is 0 Å². The van der Waals surface area contributed by atoms with Crippen LogP contribution in [0, 0.1) is 0 Å². The summed E-state index contributed by atoms with van der Waals surface area (Å²) in [6.07, 6.45) is 0.928. The zero-order valence-corrected chi connectivity index (χ0v) is 15.6. The van der Waals surface area contributed by atoms with E-state index in [9.17, 15) is 9.59 Å². The van der Waals surface area contributed by atoms with Crippen molar-refractivity contribution in [3.8, 4) is 0 Å². The number of halogens is 1. The van der Waals surface area contributed by atoms with E-state index in [1.807, 2.05) is 6.92 Å². The van der Waals surface area contributed by atoms with E-state index >= 15 is 0 Å². The first-order valence-corrected chi connectivity index (χ1v) is 9.04. The molecule has 1 aromatic heterocycles. The fourth-order valence-corrected chi connectivity index (χ4v) is 2.69. The van der Waals surface area contributed by atoms with Gasteiger partial charge >= 0.3 is 0 Å². The Kier molecular flexibility index (Phi) is 6.11. The maximum absolute atomic E-state index is 12.3. The van der Waals surface area contributed by atoms with E-state index in [-0.39, 0.29) is 17.6 Å². The summed E-state index contributed by atoms with van der Waals surface area (Å²) in [5, 5.41) is 4.17. The fourth-order valence-electron chi connectivity index (χ4n) is 2.51. The summed E-state index contributed by atoms with van der Waals surface area (Å²) in [5.41, 5.74) is 7.50. The van der Waals surface area contributed by atoms with Gasteiger partial charge in [0.25, 0.3) is 11.8 Å². The average Bonchev–Trinajstić information content (AvgIpc) is 3.10. The Morgan fingerprint density at radius 1 is 1.04 bits per heavy atom. The lowest BCUT2D eigenvalue weighted by Gasteiger charge is -2.07. The number of hydrazine groups is 1. The second kappa shape index (κ2) is 8.70. The molecule has 0 spiro atoms. The molecule has 3 N–H and O–H groups in total. The van der Waals surface area contributed by atoms with Crippen LogP contribution in [-0.4, -0.2) is 18.4 Å². The van der Waals surface area contributed by atoms with E-state index < -0.39 is 0 Å². The monoisotopic (exact) mass is 385 g/mol. The van der Waals surface area contributed by atoms with Gasteiger partial charge in [0.05, 0.1) is 0 Å². The zero-order valence-electron chi connectivity index (χ0n) is 14.8. The van der Waals surface area contributed by atoms with Crippen LogP contribution in [0.15, 0.2) is 52.9 Å². The molecule has 140 valence electrons. The highest BCUT2D eigenvalue weighted by Gasteiger charge is 2.12. The van der Waals surface area contributed by atoms with Crippen LogP contribution in [0.2, 0.25) is 5.02 Å². The predicted octanol–water partition coefficient (Wildman–Crippen LogP) is 3.66. The molecule has 0 radical (unpaired) electrons. The Bertz CT molecular complexity index is 951. The molecule has 0 atom stereocenters. The Morgan fingerprint density at radius 3 is 2.56 bits per heavy atom. The van der Waals surface area contributed by atoms with Gasteiger partial charge in [0.15, 0.2) is 5.76 Å².